The van der Waals surface area contributed by atoms with E-state index in [1.165, 1.54) is 6.08 Å². The fourth-order valence-electron chi connectivity index (χ4n) is 2.74. The fourth-order valence-corrected chi connectivity index (χ4v) is 2.74. The predicted octanol–water partition coefficient (Wildman–Crippen LogP) is 3.41. The lowest BCUT2D eigenvalue weighted by Crippen LogP contribution is -2.30. The van der Waals surface area contributed by atoms with Gasteiger partial charge in [-0.05, 0) is 61.7 Å². The van der Waals surface area contributed by atoms with Crippen LogP contribution in [-0.2, 0) is 20.7 Å². The number of benzene rings is 2. The van der Waals surface area contributed by atoms with E-state index in [0.29, 0.717) is 43.4 Å². The van der Waals surface area contributed by atoms with E-state index in [1.807, 2.05) is 50.2 Å². The molecule has 0 saturated heterocycles. The van der Waals surface area contributed by atoms with Gasteiger partial charge in [0.2, 0.25) is 0 Å². The smallest absolute Gasteiger partial charge is 0.331 e. The van der Waals surface area contributed by atoms with Crippen LogP contribution in [0, 0.1) is 0 Å². The van der Waals surface area contributed by atoms with Gasteiger partial charge in [-0.25, -0.2) is 4.79 Å². The van der Waals surface area contributed by atoms with Crippen LogP contribution in [0.15, 0.2) is 48.5 Å². The van der Waals surface area contributed by atoms with Crippen LogP contribution < -0.4 is 19.5 Å². The van der Waals surface area contributed by atoms with Crippen molar-refractivity contribution in [3.05, 3.63) is 59.7 Å². The molecule has 0 aliphatic rings. The van der Waals surface area contributed by atoms with Gasteiger partial charge in [0.1, 0.15) is 5.75 Å². The maximum absolute atomic E-state index is 11.9. The highest BCUT2D eigenvalue weighted by atomic mass is 16.5. The summed E-state index contributed by atoms with van der Waals surface area (Å²) in [6.45, 7) is 5.00. The Labute approximate surface area is 183 Å². The van der Waals surface area contributed by atoms with Gasteiger partial charge >= 0.3 is 5.97 Å². The lowest BCUT2D eigenvalue weighted by atomic mass is 10.1. The van der Waals surface area contributed by atoms with Crippen LogP contribution in [0.4, 0.5) is 0 Å². The molecule has 0 radical (unpaired) electrons. The minimum atomic E-state index is -0.592. The van der Waals surface area contributed by atoms with Crippen molar-refractivity contribution < 1.29 is 28.5 Å². The Kier molecular flexibility index (Phi) is 9.94. The van der Waals surface area contributed by atoms with E-state index in [0.717, 1.165) is 11.1 Å². The number of esters is 1. The highest BCUT2D eigenvalue weighted by Crippen LogP contribution is 2.28. The maximum Gasteiger partial charge on any atom is 0.331 e. The van der Waals surface area contributed by atoms with Crippen LogP contribution in [0.3, 0.4) is 0 Å². The van der Waals surface area contributed by atoms with Gasteiger partial charge in [-0.2, -0.15) is 0 Å². The molecular weight excluding hydrogens is 398 g/mol. The zero-order chi connectivity index (χ0) is 22.5. The van der Waals surface area contributed by atoms with Crippen molar-refractivity contribution >= 4 is 18.0 Å². The second kappa shape index (κ2) is 13.0. The molecule has 166 valence electrons. The number of hydrogen-bond donors (Lipinski definition) is 1. The molecule has 1 N–H and O–H groups in total. The van der Waals surface area contributed by atoms with Crippen molar-refractivity contribution in [2.75, 3.05) is 33.5 Å². The van der Waals surface area contributed by atoms with Crippen molar-refractivity contribution in [3.8, 4) is 17.2 Å². The molecular formula is C24H29NO6. The van der Waals surface area contributed by atoms with E-state index in [4.69, 9.17) is 18.9 Å². The quantitative estimate of drug-likeness (QED) is 0.413. The molecule has 1 amide bonds. The summed E-state index contributed by atoms with van der Waals surface area (Å²) in [5.41, 5.74) is 1.80. The largest absolute Gasteiger partial charge is 0.497 e. The van der Waals surface area contributed by atoms with Crippen LogP contribution in [0.5, 0.6) is 17.2 Å². The first-order chi connectivity index (χ1) is 15.0. The summed E-state index contributed by atoms with van der Waals surface area (Å²) in [5.74, 6) is 1.12. The van der Waals surface area contributed by atoms with Gasteiger partial charge in [0, 0.05) is 12.6 Å². The number of rotatable bonds is 12. The zero-order valence-electron chi connectivity index (χ0n) is 18.2. The number of ether oxygens (including phenoxy) is 4. The van der Waals surface area contributed by atoms with Crippen molar-refractivity contribution in [2.45, 2.75) is 20.3 Å². The van der Waals surface area contributed by atoms with Crippen LogP contribution in [0.1, 0.15) is 25.0 Å². The summed E-state index contributed by atoms with van der Waals surface area (Å²) in [4.78, 5) is 23.7. The minimum Gasteiger partial charge on any atom is -0.497 e. The summed E-state index contributed by atoms with van der Waals surface area (Å²) < 4.78 is 21.3. The molecule has 0 bridgehead atoms. The minimum absolute atomic E-state index is 0.339. The molecule has 0 aromatic heterocycles. The van der Waals surface area contributed by atoms with E-state index in [9.17, 15) is 9.59 Å². The Morgan fingerprint density at radius 2 is 1.77 bits per heavy atom. The zero-order valence-corrected chi connectivity index (χ0v) is 18.2. The molecule has 0 aliphatic heterocycles. The number of amides is 1. The first kappa shape index (κ1) is 23.8. The number of nitrogens with one attached hydrogen (secondary N) is 1. The lowest BCUT2D eigenvalue weighted by molar-refractivity contribution is -0.143. The summed E-state index contributed by atoms with van der Waals surface area (Å²) >= 11 is 0. The van der Waals surface area contributed by atoms with Crippen molar-refractivity contribution in [2.24, 2.45) is 0 Å². The second-order valence-electron chi connectivity index (χ2n) is 6.46. The Balaban J connectivity index is 1.74. The van der Waals surface area contributed by atoms with Gasteiger partial charge in [0.05, 0.1) is 20.3 Å². The lowest BCUT2D eigenvalue weighted by Gasteiger charge is -2.12. The van der Waals surface area contributed by atoms with E-state index < -0.39 is 5.97 Å². The average molecular weight is 427 g/mol. The fraction of sp³-hybridized carbons (Fsp3) is 0.333. The van der Waals surface area contributed by atoms with Gasteiger partial charge in [-0.15, -0.1) is 0 Å². The molecule has 7 nitrogen and oxygen atoms in total. The van der Waals surface area contributed by atoms with E-state index in [-0.39, 0.29) is 12.5 Å². The molecule has 0 saturated carbocycles. The maximum atomic E-state index is 11.9. The van der Waals surface area contributed by atoms with Gasteiger partial charge in [0.15, 0.2) is 18.1 Å². The Morgan fingerprint density at radius 1 is 1.00 bits per heavy atom. The van der Waals surface area contributed by atoms with Crippen LogP contribution >= 0.6 is 0 Å². The monoisotopic (exact) mass is 427 g/mol. The van der Waals surface area contributed by atoms with E-state index >= 15 is 0 Å². The third kappa shape index (κ3) is 8.42. The van der Waals surface area contributed by atoms with Gasteiger partial charge < -0.3 is 24.3 Å². The molecule has 2 rings (SSSR count). The summed E-state index contributed by atoms with van der Waals surface area (Å²) in [7, 11) is 1.57. The molecule has 2 aromatic rings. The average Bonchev–Trinajstić information content (AvgIpc) is 2.78. The third-order valence-electron chi connectivity index (χ3n) is 4.19. The number of carbonyl (C=O) groups excluding carboxylic acids is 2. The molecule has 0 aliphatic carbocycles. The standard InChI is InChI=1S/C24H29NO6/c1-4-29-21-11-9-19(16-22(21)30-5-2)13-14-25-23(26)17-31-24(27)12-10-18-7-6-8-20(15-18)28-3/h6-12,15-16H,4-5,13-14,17H2,1-3H3,(H,25,26). The summed E-state index contributed by atoms with van der Waals surface area (Å²) in [6, 6.07) is 12.9. The van der Waals surface area contributed by atoms with Crippen molar-refractivity contribution in [3.63, 3.8) is 0 Å². The van der Waals surface area contributed by atoms with Crippen LogP contribution in [-0.4, -0.2) is 45.4 Å². The Hall–Kier alpha value is -3.48. The first-order valence-corrected chi connectivity index (χ1v) is 10.2. The Morgan fingerprint density at radius 3 is 2.52 bits per heavy atom. The molecule has 7 heteroatoms. The predicted molar refractivity (Wildman–Crippen MR) is 118 cm³/mol. The highest BCUT2D eigenvalue weighted by molar-refractivity contribution is 5.89. The second-order valence-corrected chi connectivity index (χ2v) is 6.46. The molecule has 0 heterocycles. The molecule has 0 fully saturated rings. The molecule has 31 heavy (non-hydrogen) atoms. The number of carbonyl (C=O) groups is 2. The van der Waals surface area contributed by atoms with Crippen LogP contribution in [0.2, 0.25) is 0 Å². The van der Waals surface area contributed by atoms with E-state index in [2.05, 4.69) is 5.32 Å². The van der Waals surface area contributed by atoms with E-state index in [1.54, 1.807) is 19.3 Å². The SMILES string of the molecule is CCOc1ccc(CCNC(=O)COC(=O)C=Cc2cccc(OC)c2)cc1OCC. The summed E-state index contributed by atoms with van der Waals surface area (Å²) in [5, 5.41) is 2.74. The molecule has 0 spiro atoms. The number of hydrogen-bond acceptors (Lipinski definition) is 6. The van der Waals surface area contributed by atoms with Crippen molar-refractivity contribution in [1.29, 1.82) is 0 Å². The molecule has 0 atom stereocenters. The third-order valence-corrected chi connectivity index (χ3v) is 4.19. The summed E-state index contributed by atoms with van der Waals surface area (Å²) in [6.07, 6.45) is 3.49. The normalized spacial score (nSPS) is 10.5. The van der Waals surface area contributed by atoms with Gasteiger partial charge in [-0.1, -0.05) is 18.2 Å². The number of methoxy groups -OCH3 is 1. The van der Waals surface area contributed by atoms with Crippen molar-refractivity contribution in [1.82, 2.24) is 5.32 Å². The molecule has 2 aromatic carbocycles. The molecule has 0 unspecified atom stereocenters. The van der Waals surface area contributed by atoms with Gasteiger partial charge in [0.25, 0.3) is 5.91 Å². The highest BCUT2D eigenvalue weighted by Gasteiger charge is 2.08. The topological polar surface area (TPSA) is 83.1 Å². The van der Waals surface area contributed by atoms with Crippen LogP contribution in [0.25, 0.3) is 6.08 Å². The first-order valence-electron chi connectivity index (χ1n) is 10.2. The Bertz CT molecular complexity index is 893. The van der Waals surface area contributed by atoms with Gasteiger partial charge in [-0.3, -0.25) is 4.79 Å².